The van der Waals surface area contributed by atoms with Gasteiger partial charge in [-0.25, -0.2) is 9.59 Å². The molecule has 0 radical (unpaired) electrons. The summed E-state index contributed by atoms with van der Waals surface area (Å²) in [5.41, 5.74) is -1.74. The molecule has 32 heavy (non-hydrogen) atoms. The molecule has 0 bridgehead atoms. The summed E-state index contributed by atoms with van der Waals surface area (Å²) >= 11 is 11.5. The molecular formula is C24H30Cl2O6. The molecule has 8 heteroatoms. The number of alkyl halides is 2. The van der Waals surface area contributed by atoms with Crippen LogP contribution in [0.2, 0.25) is 0 Å². The zero-order valence-electron chi connectivity index (χ0n) is 18.6. The van der Waals surface area contributed by atoms with E-state index in [-0.39, 0.29) is 36.6 Å². The van der Waals surface area contributed by atoms with Crippen molar-refractivity contribution in [2.24, 2.45) is 28.6 Å². The maximum atomic E-state index is 13.3. The highest BCUT2D eigenvalue weighted by molar-refractivity contribution is 6.53. The Labute approximate surface area is 198 Å². The predicted molar refractivity (Wildman–Crippen MR) is 119 cm³/mol. The molecule has 0 aliphatic heterocycles. The van der Waals surface area contributed by atoms with Crippen LogP contribution in [0.3, 0.4) is 0 Å². The second kappa shape index (κ2) is 8.14. The highest BCUT2D eigenvalue weighted by Crippen LogP contribution is 2.68. The van der Waals surface area contributed by atoms with E-state index in [0.717, 1.165) is 18.4 Å². The van der Waals surface area contributed by atoms with Gasteiger partial charge in [-0.2, -0.15) is 0 Å². The standard InChI is InChI=1S/C24H30Cl2O6/c1-4-31-21(30)24(32-20(29)19(25)26)10-8-16-15-6-5-13-11-14(27)7-9-22(13,2)18(15)17(28)12-23(16,24)3/h7,9,11,15-19,28H,4-6,8,10,12H2,1-3H3/t15?,16?,17-,18?,22-,23-,24-/m0/s1. The minimum absolute atomic E-state index is 0.0168. The van der Waals surface area contributed by atoms with E-state index >= 15 is 0 Å². The monoisotopic (exact) mass is 484 g/mol. The van der Waals surface area contributed by atoms with Crippen molar-refractivity contribution in [3.05, 3.63) is 23.8 Å². The van der Waals surface area contributed by atoms with E-state index in [2.05, 4.69) is 6.92 Å². The Hall–Kier alpha value is -1.37. The fraction of sp³-hybridized carbons (Fsp3) is 0.708. The summed E-state index contributed by atoms with van der Waals surface area (Å²) < 4.78 is 11.1. The van der Waals surface area contributed by atoms with Gasteiger partial charge in [0.25, 0.3) is 0 Å². The maximum Gasteiger partial charge on any atom is 0.351 e. The number of fused-ring (bicyclic) bond motifs is 5. The number of allylic oxidation sites excluding steroid dienone is 4. The lowest BCUT2D eigenvalue weighted by atomic mass is 9.46. The van der Waals surface area contributed by atoms with Crippen molar-refractivity contribution in [1.82, 2.24) is 0 Å². The van der Waals surface area contributed by atoms with Gasteiger partial charge in [-0.3, -0.25) is 4.79 Å². The number of carbonyl (C=O) groups excluding carboxylic acids is 3. The van der Waals surface area contributed by atoms with Crippen molar-refractivity contribution in [1.29, 1.82) is 0 Å². The average molecular weight is 485 g/mol. The molecule has 0 aromatic carbocycles. The van der Waals surface area contributed by atoms with Crippen LogP contribution in [-0.2, 0) is 23.9 Å². The Kier molecular flexibility index (Phi) is 6.05. The van der Waals surface area contributed by atoms with Gasteiger partial charge in [0.15, 0.2) is 5.78 Å². The Bertz CT molecular complexity index is 897. The molecule has 0 heterocycles. The largest absolute Gasteiger partial charge is 0.463 e. The van der Waals surface area contributed by atoms with Crippen LogP contribution >= 0.6 is 23.2 Å². The van der Waals surface area contributed by atoms with Crippen molar-refractivity contribution in [2.75, 3.05) is 6.61 Å². The van der Waals surface area contributed by atoms with E-state index < -0.39 is 39.3 Å². The summed E-state index contributed by atoms with van der Waals surface area (Å²) in [6, 6.07) is 0. The Morgan fingerprint density at radius 2 is 2.00 bits per heavy atom. The van der Waals surface area contributed by atoms with Crippen molar-refractivity contribution < 1.29 is 29.0 Å². The topological polar surface area (TPSA) is 89.9 Å². The van der Waals surface area contributed by atoms with Gasteiger partial charge in [-0.05, 0) is 63.0 Å². The number of rotatable bonds is 4. The number of hydrogen-bond acceptors (Lipinski definition) is 6. The fourth-order valence-corrected chi connectivity index (χ4v) is 7.41. The second-order valence-electron chi connectivity index (χ2n) is 10.0. The highest BCUT2D eigenvalue weighted by Gasteiger charge is 2.71. The molecule has 0 aromatic rings. The van der Waals surface area contributed by atoms with Crippen molar-refractivity contribution in [3.8, 4) is 0 Å². The number of carbonyl (C=O) groups is 3. The minimum Gasteiger partial charge on any atom is -0.463 e. The lowest BCUT2D eigenvalue weighted by Gasteiger charge is -2.59. The van der Waals surface area contributed by atoms with Crippen LogP contribution in [0.4, 0.5) is 0 Å². The molecule has 7 atom stereocenters. The molecule has 4 aliphatic rings. The average Bonchev–Trinajstić information content (AvgIpc) is 3.01. The van der Waals surface area contributed by atoms with Crippen LogP contribution in [-0.4, -0.2) is 46.0 Å². The third kappa shape index (κ3) is 3.28. The first-order valence-corrected chi connectivity index (χ1v) is 12.2. The smallest absolute Gasteiger partial charge is 0.351 e. The first-order chi connectivity index (χ1) is 15.0. The molecular weight excluding hydrogens is 455 g/mol. The van der Waals surface area contributed by atoms with E-state index in [1.807, 2.05) is 13.0 Å². The molecule has 4 aliphatic carbocycles. The van der Waals surface area contributed by atoms with Gasteiger partial charge in [0, 0.05) is 16.7 Å². The van der Waals surface area contributed by atoms with Crippen LogP contribution < -0.4 is 0 Å². The first-order valence-electron chi connectivity index (χ1n) is 11.3. The van der Waals surface area contributed by atoms with Gasteiger partial charge in [0.1, 0.15) is 0 Å². The van der Waals surface area contributed by atoms with Gasteiger partial charge in [0.05, 0.1) is 12.7 Å². The number of ketones is 1. The summed E-state index contributed by atoms with van der Waals surface area (Å²) in [6.07, 6.45) is 7.25. The molecule has 0 aromatic heterocycles. The molecule has 4 rings (SSSR count). The summed E-state index contributed by atoms with van der Waals surface area (Å²) in [5, 5.41) is 11.5. The summed E-state index contributed by atoms with van der Waals surface area (Å²) in [7, 11) is 0. The third-order valence-corrected chi connectivity index (χ3v) is 9.03. The predicted octanol–water partition coefficient (Wildman–Crippen LogP) is 3.91. The van der Waals surface area contributed by atoms with Crippen LogP contribution in [0.1, 0.15) is 52.9 Å². The van der Waals surface area contributed by atoms with Gasteiger partial charge in [-0.1, -0.05) is 48.7 Å². The van der Waals surface area contributed by atoms with E-state index in [1.54, 1.807) is 19.1 Å². The van der Waals surface area contributed by atoms with Crippen molar-refractivity contribution in [2.45, 2.75) is 69.4 Å². The van der Waals surface area contributed by atoms with Gasteiger partial charge < -0.3 is 14.6 Å². The molecule has 0 amide bonds. The minimum atomic E-state index is -1.55. The number of hydrogen-bond donors (Lipinski definition) is 1. The van der Waals surface area contributed by atoms with Crippen LogP contribution in [0.5, 0.6) is 0 Å². The normalized spacial score (nSPS) is 42.6. The van der Waals surface area contributed by atoms with Crippen molar-refractivity contribution >= 4 is 40.9 Å². The molecule has 6 nitrogen and oxygen atoms in total. The molecule has 0 spiro atoms. The number of ether oxygens (including phenoxy) is 2. The molecule has 3 saturated carbocycles. The molecule has 3 unspecified atom stereocenters. The molecule has 1 N–H and O–H groups in total. The third-order valence-electron chi connectivity index (χ3n) is 8.67. The zero-order chi connectivity index (χ0) is 23.5. The number of aliphatic hydroxyl groups excluding tert-OH is 1. The first kappa shape index (κ1) is 23.8. The quantitative estimate of drug-likeness (QED) is 0.480. The Balaban J connectivity index is 1.75. The highest BCUT2D eigenvalue weighted by atomic mass is 35.5. The van der Waals surface area contributed by atoms with Gasteiger partial charge in [0.2, 0.25) is 10.4 Å². The van der Waals surface area contributed by atoms with Gasteiger partial charge >= 0.3 is 11.9 Å². The van der Waals surface area contributed by atoms with Crippen LogP contribution in [0.15, 0.2) is 23.8 Å². The molecule has 3 fully saturated rings. The summed E-state index contributed by atoms with van der Waals surface area (Å²) in [6.45, 7) is 5.85. The van der Waals surface area contributed by atoms with Crippen LogP contribution in [0, 0.1) is 28.6 Å². The lowest BCUT2D eigenvalue weighted by molar-refractivity contribution is -0.212. The summed E-state index contributed by atoms with van der Waals surface area (Å²) in [5.74, 6) is -1.47. The van der Waals surface area contributed by atoms with E-state index in [9.17, 15) is 19.5 Å². The number of aliphatic hydroxyl groups is 1. The van der Waals surface area contributed by atoms with Crippen molar-refractivity contribution in [3.63, 3.8) is 0 Å². The van der Waals surface area contributed by atoms with E-state index in [4.69, 9.17) is 32.7 Å². The molecule has 0 saturated heterocycles. The number of esters is 2. The summed E-state index contributed by atoms with van der Waals surface area (Å²) in [4.78, 5) is 36.3. The fourth-order valence-electron chi connectivity index (χ4n) is 7.32. The van der Waals surface area contributed by atoms with Gasteiger partial charge in [-0.15, -0.1) is 0 Å². The SMILES string of the molecule is CCOC(=O)[C@@]1(OC(=O)C(Cl)Cl)CCC2C3CCC4=CC(=O)C=C[C@]4(C)C3[C@@H](O)C[C@@]21C. The lowest BCUT2D eigenvalue weighted by Crippen LogP contribution is -2.63. The Morgan fingerprint density at radius 3 is 2.66 bits per heavy atom. The zero-order valence-corrected chi connectivity index (χ0v) is 20.1. The van der Waals surface area contributed by atoms with E-state index in [1.165, 1.54) is 0 Å². The molecule has 176 valence electrons. The number of halogens is 2. The maximum absolute atomic E-state index is 13.3. The second-order valence-corrected chi connectivity index (χ2v) is 11.1. The van der Waals surface area contributed by atoms with Crippen LogP contribution in [0.25, 0.3) is 0 Å². The Morgan fingerprint density at radius 1 is 1.28 bits per heavy atom. The van der Waals surface area contributed by atoms with E-state index in [0.29, 0.717) is 12.8 Å².